The van der Waals surface area contributed by atoms with Crippen LogP contribution in [-0.2, 0) is 43.3 Å². The van der Waals surface area contributed by atoms with Crippen LogP contribution in [0.15, 0.2) is 103 Å². The maximum atomic E-state index is 9.62. The smallest absolute Gasteiger partial charge is 0.254 e. The van der Waals surface area contributed by atoms with E-state index in [0.29, 0.717) is 5.56 Å². The molecule has 7 aromatic rings. The zero-order valence-corrected chi connectivity index (χ0v) is 47.0. The predicted octanol–water partition coefficient (Wildman–Crippen LogP) is 17.4. The summed E-state index contributed by atoms with van der Waals surface area (Å²) in [5.41, 5.74) is 21.7. The Balaban J connectivity index is 1.17. The fraction of sp³-hybridized carbons (Fsp3) is 0.449. The molecule has 2 nitrogen and oxygen atoms in total. The third kappa shape index (κ3) is 6.35. The highest BCUT2D eigenvalue weighted by Gasteiger charge is 2.55. The maximum absolute atomic E-state index is 9.62. The number of benzene rings is 6. The number of thiophene rings is 1. The molecule has 73 heavy (non-hydrogen) atoms. The highest BCUT2D eigenvalue weighted by atomic mass is 32.1. The summed E-state index contributed by atoms with van der Waals surface area (Å²) in [5, 5.41) is 2.56. The van der Waals surface area contributed by atoms with Gasteiger partial charge in [0.1, 0.15) is 0 Å². The molecule has 0 N–H and O–H groups in total. The van der Waals surface area contributed by atoms with Gasteiger partial charge in [-0.25, -0.2) is 0 Å². The molecule has 1 aromatic heterocycles. The van der Waals surface area contributed by atoms with Gasteiger partial charge in [0.15, 0.2) is 0 Å². The van der Waals surface area contributed by atoms with Gasteiger partial charge in [-0.05, 0) is 233 Å². The molecule has 1 saturated carbocycles. The molecule has 0 amide bonds. The third-order valence-electron chi connectivity index (χ3n) is 21.1. The average Bonchev–Trinajstić information content (AvgIpc) is 3.04. The molecule has 2 aliphatic heterocycles. The minimum absolute atomic E-state index is 0.0206. The number of anilines is 6. The first-order chi connectivity index (χ1) is 36.4. The molecule has 2 bridgehead atoms. The quantitative estimate of drug-likeness (QED) is 0.163. The van der Waals surface area contributed by atoms with E-state index in [-0.39, 0.29) is 85.8 Å². The van der Waals surface area contributed by atoms with Crippen LogP contribution in [0.3, 0.4) is 0 Å². The summed E-state index contributed by atoms with van der Waals surface area (Å²) in [7, 11) is 0. The molecule has 3 heterocycles. The number of rotatable bonds is 3. The molecular weight excluding hydrogens is 900 g/mol. The number of hydrogen-bond acceptors (Lipinski definition) is 3. The zero-order valence-electron chi connectivity index (χ0n) is 51.2. The van der Waals surface area contributed by atoms with Crippen LogP contribution in [0.1, 0.15) is 206 Å². The lowest BCUT2D eigenvalue weighted by Gasteiger charge is -2.48. The van der Waals surface area contributed by atoms with Crippen molar-refractivity contribution in [3.05, 3.63) is 148 Å². The van der Waals surface area contributed by atoms with Crippen LogP contribution in [0, 0.1) is 0 Å². The van der Waals surface area contributed by atoms with Crippen LogP contribution < -0.4 is 26.2 Å². The van der Waals surface area contributed by atoms with Crippen LogP contribution in [-0.4, -0.2) is 6.71 Å². The lowest BCUT2D eigenvalue weighted by molar-refractivity contribution is 0.332. The summed E-state index contributed by atoms with van der Waals surface area (Å²) in [4.78, 5) is 5.11. The Morgan fingerprint density at radius 3 is 1.44 bits per heavy atom. The Morgan fingerprint density at radius 1 is 0.425 bits per heavy atom. The summed E-state index contributed by atoms with van der Waals surface area (Å²) in [6, 6.07) is 28.1. The number of hydrogen-bond donors (Lipinski definition) is 0. The van der Waals surface area contributed by atoms with E-state index < -0.39 is 0 Å². The van der Waals surface area contributed by atoms with Gasteiger partial charge in [-0.15, -0.1) is 11.3 Å². The van der Waals surface area contributed by atoms with Crippen molar-refractivity contribution in [2.45, 2.75) is 198 Å². The van der Waals surface area contributed by atoms with Crippen LogP contribution in [0.4, 0.5) is 33.4 Å². The van der Waals surface area contributed by atoms with Crippen molar-refractivity contribution < 1.29 is 6.85 Å². The maximum Gasteiger partial charge on any atom is 0.254 e. The summed E-state index contributed by atoms with van der Waals surface area (Å²) in [6.45, 7) is 33.9. The van der Waals surface area contributed by atoms with E-state index in [1.54, 1.807) is 0 Å². The van der Waals surface area contributed by atoms with Crippen molar-refractivity contribution >= 4 is 78.0 Å². The zero-order chi connectivity index (χ0) is 55.3. The van der Waals surface area contributed by atoms with Crippen LogP contribution in [0.25, 0.3) is 21.2 Å². The minimum atomic E-state index is -0.377. The van der Waals surface area contributed by atoms with Gasteiger partial charge in [0.05, 0.1) is 11.9 Å². The van der Waals surface area contributed by atoms with Gasteiger partial charge < -0.3 is 9.80 Å². The molecular formula is C69H77BN2S. The van der Waals surface area contributed by atoms with Gasteiger partial charge in [0.25, 0.3) is 6.71 Å². The molecule has 0 saturated heterocycles. The first-order valence-corrected chi connectivity index (χ1v) is 28.7. The Labute approximate surface area is 449 Å². The van der Waals surface area contributed by atoms with Crippen molar-refractivity contribution in [3.8, 4) is 11.1 Å². The van der Waals surface area contributed by atoms with Gasteiger partial charge >= 0.3 is 0 Å². The number of nitrogens with zero attached hydrogens (tertiary/aromatic N) is 2. The SMILES string of the molecule is [2H]c1c([2H])c([2H])c(-c2cc3c4c(c2)N(c2ccc5c(c2)C(C)(C)CCC5(C)C)c2sc5cc6c(cc5c2B4c2cc4c(cc2N3c2ccc3c(c2)C(C)(C)CCC3(C)C)C(C)(C)CCC4(C)C)C2(C)CCC6(C)C2)c([2H])c1[2H]. The normalized spacial score (nSPS) is 26.3. The van der Waals surface area contributed by atoms with Crippen molar-refractivity contribution in [3.63, 3.8) is 0 Å². The second-order valence-corrected chi connectivity index (χ2v) is 29.8. The van der Waals surface area contributed by atoms with Crippen molar-refractivity contribution in [2.24, 2.45) is 0 Å². The highest BCUT2D eigenvalue weighted by Crippen LogP contribution is 2.62. The Kier molecular flexibility index (Phi) is 8.16. The summed E-state index contributed by atoms with van der Waals surface area (Å²) >= 11 is 1.93. The van der Waals surface area contributed by atoms with E-state index >= 15 is 0 Å². The van der Waals surface area contributed by atoms with Gasteiger partial charge in [-0.2, -0.15) is 0 Å². The Bertz CT molecular complexity index is 3850. The summed E-state index contributed by atoms with van der Waals surface area (Å²) in [6.07, 6.45) is 10.2. The number of fused-ring (bicyclic) bond motifs is 14. The van der Waals surface area contributed by atoms with E-state index in [1.807, 2.05) is 11.3 Å². The summed E-state index contributed by atoms with van der Waals surface area (Å²) < 4.78 is 47.5. The van der Waals surface area contributed by atoms with Crippen molar-refractivity contribution in [2.75, 3.05) is 9.80 Å². The van der Waals surface area contributed by atoms with Crippen LogP contribution in [0.2, 0.25) is 0 Å². The van der Waals surface area contributed by atoms with E-state index in [9.17, 15) is 2.74 Å². The van der Waals surface area contributed by atoms with Gasteiger partial charge in [0, 0.05) is 33.1 Å². The summed E-state index contributed by atoms with van der Waals surface area (Å²) in [5.74, 6) is 0. The van der Waals surface area contributed by atoms with Gasteiger partial charge in [0.2, 0.25) is 0 Å². The van der Waals surface area contributed by atoms with Gasteiger partial charge in [-0.1, -0.05) is 145 Å². The molecule has 2 atom stereocenters. The molecule has 5 aliphatic carbocycles. The molecule has 0 radical (unpaired) electrons. The molecule has 4 heteroatoms. The van der Waals surface area contributed by atoms with Crippen molar-refractivity contribution in [1.29, 1.82) is 0 Å². The standard InChI is InChI=1S/C69H77BN2S/c1-62(2)24-26-64(5,6)48-34-43(20-22-46(48)62)71-55-38-51-50(66(9,10)28-29-67(51,11)12)37-54(55)70-59-45-36-52-53(69(14)31-30-68(52,13)40-69)39-58(45)73-61(59)72(44-21-23-47-49(35-44)65(7,8)27-25-63(47,3)4)57-33-42(32-56(71)60(57)70)41-18-16-15-17-19-41/h15-23,32-39H,24-31,40H2,1-14H3/i15D,16D,17D,18D,19D. The molecule has 7 aliphatic rings. The van der Waals surface area contributed by atoms with Crippen LogP contribution in [0.5, 0.6) is 0 Å². The van der Waals surface area contributed by atoms with E-state index in [2.05, 4.69) is 180 Å². The Hall–Kier alpha value is -5.06. The molecule has 2 unspecified atom stereocenters. The van der Waals surface area contributed by atoms with E-state index in [4.69, 9.17) is 4.11 Å². The molecule has 6 aromatic carbocycles. The minimum Gasteiger partial charge on any atom is -0.311 e. The lowest BCUT2D eigenvalue weighted by atomic mass is 9.33. The monoisotopic (exact) mass is 982 g/mol. The highest BCUT2D eigenvalue weighted by molar-refractivity contribution is 7.26. The average molecular weight is 982 g/mol. The first-order valence-electron chi connectivity index (χ1n) is 30.3. The second kappa shape index (κ2) is 14.4. The molecule has 372 valence electrons. The first kappa shape index (κ1) is 41.2. The van der Waals surface area contributed by atoms with Crippen LogP contribution >= 0.6 is 11.3 Å². The van der Waals surface area contributed by atoms with E-state index in [1.165, 1.54) is 101 Å². The largest absolute Gasteiger partial charge is 0.311 e. The fourth-order valence-corrected chi connectivity index (χ4v) is 17.5. The van der Waals surface area contributed by atoms with Crippen molar-refractivity contribution in [1.82, 2.24) is 0 Å². The Morgan fingerprint density at radius 2 is 0.890 bits per heavy atom. The topological polar surface area (TPSA) is 6.48 Å². The predicted molar refractivity (Wildman–Crippen MR) is 316 cm³/mol. The molecule has 0 spiro atoms. The lowest BCUT2D eigenvalue weighted by Crippen LogP contribution is -2.61. The fourth-order valence-electron chi connectivity index (χ4n) is 16.2. The third-order valence-corrected chi connectivity index (χ3v) is 22.2. The molecule has 14 rings (SSSR count). The van der Waals surface area contributed by atoms with E-state index in [0.717, 1.165) is 61.3 Å². The van der Waals surface area contributed by atoms with Gasteiger partial charge in [-0.3, -0.25) is 0 Å². The molecule has 1 fully saturated rings. The second-order valence-electron chi connectivity index (χ2n) is 28.8.